The van der Waals surface area contributed by atoms with E-state index in [0.29, 0.717) is 0 Å². The Morgan fingerprint density at radius 2 is 0.296 bits per heavy atom. The summed E-state index contributed by atoms with van der Waals surface area (Å²) >= 11 is 0. The van der Waals surface area contributed by atoms with E-state index in [1.165, 1.54) is 0 Å². The van der Waals surface area contributed by atoms with Crippen molar-refractivity contribution in [2.75, 3.05) is 0 Å². The molecular formula is C18HF35O. The minimum atomic E-state index is -10.3. The van der Waals surface area contributed by atoms with E-state index in [-0.39, 0.29) is 0 Å². The lowest BCUT2D eigenvalue weighted by molar-refractivity contribution is -0.492. The molecule has 0 bridgehead atoms. The Kier molecular flexibility index (Phi) is 11.5. The van der Waals surface area contributed by atoms with Crippen molar-refractivity contribution >= 4 is 6.29 Å². The molecule has 0 aliphatic carbocycles. The Morgan fingerprint density at radius 1 is 0.185 bits per heavy atom. The first-order chi connectivity index (χ1) is 22.6. The largest absolute Gasteiger partial charge is 0.460 e. The number of alkyl halides is 35. The summed E-state index contributed by atoms with van der Waals surface area (Å²) in [7, 11) is 0. The number of hydrogen-bond donors (Lipinski definition) is 0. The van der Waals surface area contributed by atoms with Crippen LogP contribution in [0.25, 0.3) is 0 Å². The summed E-state index contributed by atoms with van der Waals surface area (Å²) in [6.07, 6.45) is -11.4. The van der Waals surface area contributed by atoms with Crippen LogP contribution in [0.1, 0.15) is 0 Å². The fraction of sp³-hybridized carbons (Fsp3) is 0.944. The van der Waals surface area contributed by atoms with Crippen molar-refractivity contribution in [3.8, 4) is 0 Å². The molecule has 0 aromatic carbocycles. The predicted octanol–water partition coefficient (Wildman–Crippen LogP) is 10.9. The SMILES string of the molecule is O=CC(F)(F)C(F)(F)C(F)(F)C(F)(F)C(F)(F)C(F)(F)C(F)(F)C(F)(F)C(F)(F)C(F)(F)C(F)(F)C(F)(F)C(F)(F)C(F)(F)C(F)(F)C(F)(F)C(F)(F)F. The van der Waals surface area contributed by atoms with Crippen LogP contribution in [-0.4, -0.2) is 107 Å². The molecule has 0 atom stereocenters. The van der Waals surface area contributed by atoms with Gasteiger partial charge in [0.25, 0.3) is 0 Å². The zero-order chi connectivity index (χ0) is 45.2. The van der Waals surface area contributed by atoms with Gasteiger partial charge in [0.1, 0.15) is 0 Å². The van der Waals surface area contributed by atoms with E-state index < -0.39 is 107 Å². The Morgan fingerprint density at radius 3 is 0.407 bits per heavy atom. The second kappa shape index (κ2) is 12.1. The predicted molar refractivity (Wildman–Crippen MR) is 91.3 cm³/mol. The molecule has 0 N–H and O–H groups in total. The van der Waals surface area contributed by atoms with Gasteiger partial charge in [0, 0.05) is 0 Å². The van der Waals surface area contributed by atoms with Crippen LogP contribution >= 0.6 is 0 Å². The summed E-state index contributed by atoms with van der Waals surface area (Å²) in [6.45, 7) is 0. The van der Waals surface area contributed by atoms with Gasteiger partial charge in [-0.1, -0.05) is 0 Å². The Hall–Kier alpha value is -2.78. The highest BCUT2D eigenvalue weighted by Crippen LogP contribution is 2.70. The summed E-state index contributed by atoms with van der Waals surface area (Å²) < 4.78 is 467. The van der Waals surface area contributed by atoms with Crippen LogP contribution in [0.3, 0.4) is 0 Å². The lowest BCUT2D eigenvalue weighted by atomic mass is 9.82. The van der Waals surface area contributed by atoms with Crippen LogP contribution in [0.4, 0.5) is 154 Å². The molecular weight excluding hydrogens is 897 g/mol. The molecule has 0 amide bonds. The van der Waals surface area contributed by atoms with Gasteiger partial charge < -0.3 is 0 Å². The highest BCUT2D eigenvalue weighted by atomic mass is 19.4. The molecule has 0 saturated heterocycles. The van der Waals surface area contributed by atoms with Crippen molar-refractivity contribution < 1.29 is 158 Å². The molecule has 0 heterocycles. The minimum absolute atomic E-state index is 2.95. The van der Waals surface area contributed by atoms with E-state index in [1.54, 1.807) is 0 Å². The maximum Gasteiger partial charge on any atom is 0.460 e. The van der Waals surface area contributed by atoms with Crippen LogP contribution in [0, 0.1) is 0 Å². The minimum Gasteiger partial charge on any atom is -0.296 e. The number of hydrogen-bond acceptors (Lipinski definition) is 1. The highest BCUT2D eigenvalue weighted by molar-refractivity contribution is 5.62. The molecule has 1 nitrogen and oxygen atoms in total. The summed E-state index contributed by atoms with van der Waals surface area (Å²) in [5, 5.41) is 0. The molecule has 54 heavy (non-hydrogen) atoms. The lowest BCUT2D eigenvalue weighted by Gasteiger charge is -2.47. The van der Waals surface area contributed by atoms with E-state index in [4.69, 9.17) is 0 Å². The number of carbonyl (C=O) groups is 1. The first-order valence-corrected chi connectivity index (χ1v) is 11.1. The molecule has 324 valence electrons. The van der Waals surface area contributed by atoms with E-state index in [2.05, 4.69) is 0 Å². The Balaban J connectivity index is 7.81. The molecule has 0 radical (unpaired) electrons. The maximum absolute atomic E-state index is 13.8. The van der Waals surface area contributed by atoms with Gasteiger partial charge in [-0.3, -0.25) is 4.79 Å². The summed E-state index contributed by atoms with van der Waals surface area (Å²) in [4.78, 5) is 9.75. The van der Waals surface area contributed by atoms with Gasteiger partial charge >= 0.3 is 101 Å². The average molecular weight is 898 g/mol. The molecule has 0 rings (SSSR count). The second-order valence-electron chi connectivity index (χ2n) is 9.85. The summed E-state index contributed by atoms with van der Waals surface area (Å²) in [5.74, 6) is -155. The quantitative estimate of drug-likeness (QED) is 0.111. The third-order valence-corrected chi connectivity index (χ3v) is 6.44. The molecule has 0 spiro atoms. The number of aldehydes is 1. The molecule has 0 unspecified atom stereocenters. The molecule has 0 aromatic heterocycles. The van der Waals surface area contributed by atoms with Gasteiger partial charge in [-0.05, 0) is 0 Å². The maximum atomic E-state index is 13.8. The van der Waals surface area contributed by atoms with Crippen molar-refractivity contribution in [2.24, 2.45) is 0 Å². The number of halogens is 35. The fourth-order valence-corrected chi connectivity index (χ4v) is 3.02. The van der Waals surface area contributed by atoms with Crippen molar-refractivity contribution in [3.05, 3.63) is 0 Å². The monoisotopic (exact) mass is 898 g/mol. The van der Waals surface area contributed by atoms with Crippen LogP contribution in [0.2, 0.25) is 0 Å². The summed E-state index contributed by atoms with van der Waals surface area (Å²) in [5.41, 5.74) is 0. The first-order valence-electron chi connectivity index (χ1n) is 11.1. The molecule has 0 aromatic rings. The van der Waals surface area contributed by atoms with Crippen molar-refractivity contribution in [2.45, 2.75) is 101 Å². The molecule has 0 saturated carbocycles. The normalized spacial score (nSPS) is 17.2. The number of rotatable bonds is 16. The van der Waals surface area contributed by atoms with Crippen molar-refractivity contribution in [1.82, 2.24) is 0 Å². The molecule has 36 heteroatoms. The van der Waals surface area contributed by atoms with Crippen LogP contribution in [0.5, 0.6) is 0 Å². The molecule has 0 aliphatic heterocycles. The van der Waals surface area contributed by atoms with Gasteiger partial charge in [0.05, 0.1) is 0 Å². The third kappa shape index (κ3) is 5.50. The van der Waals surface area contributed by atoms with E-state index in [9.17, 15) is 158 Å². The van der Waals surface area contributed by atoms with Gasteiger partial charge in [0.2, 0.25) is 0 Å². The van der Waals surface area contributed by atoms with Crippen LogP contribution in [-0.2, 0) is 4.79 Å². The Bertz CT molecular complexity index is 1390. The first kappa shape index (κ1) is 51.2. The van der Waals surface area contributed by atoms with Crippen LogP contribution < -0.4 is 0 Å². The van der Waals surface area contributed by atoms with E-state index in [1.807, 2.05) is 0 Å². The van der Waals surface area contributed by atoms with E-state index in [0.717, 1.165) is 0 Å². The highest BCUT2D eigenvalue weighted by Gasteiger charge is 3.02. The topological polar surface area (TPSA) is 17.1 Å². The Labute approximate surface area is 267 Å². The average Bonchev–Trinajstić information content (AvgIpc) is 2.94. The van der Waals surface area contributed by atoms with E-state index >= 15 is 0 Å². The van der Waals surface area contributed by atoms with Gasteiger partial charge in [-0.2, -0.15) is 154 Å². The van der Waals surface area contributed by atoms with Crippen molar-refractivity contribution in [1.29, 1.82) is 0 Å². The van der Waals surface area contributed by atoms with Gasteiger partial charge in [-0.15, -0.1) is 0 Å². The fourth-order valence-electron chi connectivity index (χ4n) is 3.02. The molecule has 0 fully saturated rings. The smallest absolute Gasteiger partial charge is 0.296 e. The zero-order valence-corrected chi connectivity index (χ0v) is 22.7. The molecule has 0 aliphatic rings. The van der Waals surface area contributed by atoms with Gasteiger partial charge in [0.15, 0.2) is 6.29 Å². The summed E-state index contributed by atoms with van der Waals surface area (Å²) in [6, 6.07) is 0. The van der Waals surface area contributed by atoms with Crippen LogP contribution in [0.15, 0.2) is 0 Å². The van der Waals surface area contributed by atoms with Gasteiger partial charge in [-0.25, -0.2) is 0 Å². The third-order valence-electron chi connectivity index (χ3n) is 6.44. The lowest BCUT2D eigenvalue weighted by Crippen LogP contribution is -2.80. The van der Waals surface area contributed by atoms with Crippen molar-refractivity contribution in [3.63, 3.8) is 0 Å². The number of carbonyl (C=O) groups excluding carboxylic acids is 1. The zero-order valence-electron chi connectivity index (χ0n) is 22.7. The standard InChI is InChI=1S/C18HF35O/c19-2(20,1-54)3(21,22)4(23,24)5(25,26)6(27,28)7(29,30)8(31,32)9(33,34)10(35,36)11(37,38)12(39,40)13(41,42)14(43,44)15(45,46)16(47,48)17(49,50)18(51,52)53/h1H. The second-order valence-corrected chi connectivity index (χ2v) is 9.85.